The van der Waals surface area contributed by atoms with Crippen molar-refractivity contribution in [1.82, 2.24) is 15.2 Å². The lowest BCUT2D eigenvalue weighted by molar-refractivity contribution is -0.0479. The summed E-state index contributed by atoms with van der Waals surface area (Å²) in [5, 5.41) is 15.2. The first-order chi connectivity index (χ1) is 12.2. The van der Waals surface area contributed by atoms with Gasteiger partial charge in [0.1, 0.15) is 5.60 Å². The first-order valence-corrected chi connectivity index (χ1v) is 9.87. The van der Waals surface area contributed by atoms with Gasteiger partial charge in [-0.05, 0) is 18.6 Å². The molecule has 2 saturated heterocycles. The van der Waals surface area contributed by atoms with E-state index in [9.17, 15) is 5.11 Å². The van der Waals surface area contributed by atoms with Crippen molar-refractivity contribution in [3.05, 3.63) is 24.3 Å². The third kappa shape index (κ3) is 4.12. The Balaban J connectivity index is 1.39. The Kier molecular flexibility index (Phi) is 5.19. The van der Waals surface area contributed by atoms with Gasteiger partial charge in [-0.25, -0.2) is 4.98 Å². The first-order valence-electron chi connectivity index (χ1n) is 9.06. The van der Waals surface area contributed by atoms with Gasteiger partial charge in [0.2, 0.25) is 0 Å². The van der Waals surface area contributed by atoms with Crippen LogP contribution in [0.25, 0.3) is 10.2 Å². The molecule has 2 N–H and O–H groups in total. The maximum absolute atomic E-state index is 10.8. The number of thiazole rings is 1. The number of nitrogens with zero attached hydrogens (tertiary/aromatic N) is 3. The van der Waals surface area contributed by atoms with Crippen molar-refractivity contribution in [2.45, 2.75) is 12.0 Å². The molecule has 0 radical (unpaired) electrons. The second-order valence-corrected chi connectivity index (χ2v) is 8.04. The molecular formula is C18H26N4O2S. The van der Waals surface area contributed by atoms with Crippen molar-refractivity contribution in [2.24, 2.45) is 0 Å². The van der Waals surface area contributed by atoms with Crippen LogP contribution in [-0.4, -0.2) is 79.6 Å². The highest BCUT2D eigenvalue weighted by atomic mass is 32.1. The molecule has 0 saturated carbocycles. The Bertz CT molecular complexity index is 666. The fraction of sp³-hybridized carbons (Fsp3) is 0.611. The minimum Gasteiger partial charge on any atom is -0.385 e. The van der Waals surface area contributed by atoms with E-state index in [1.165, 1.54) is 4.70 Å². The monoisotopic (exact) mass is 362 g/mol. The Morgan fingerprint density at radius 1 is 1.24 bits per heavy atom. The standard InChI is InChI=1S/C18H26N4O2S/c23-18(12-19-6-11-24-14-18)13-21-7-3-8-22(10-9-21)17-20-15-4-1-2-5-16(15)25-17/h1-2,4-5,19,23H,3,6-14H2/t18-/m1/s1. The molecule has 2 aliphatic heterocycles. The number of ether oxygens (including phenoxy) is 1. The van der Waals surface area contributed by atoms with Crippen LogP contribution < -0.4 is 10.2 Å². The summed E-state index contributed by atoms with van der Waals surface area (Å²) in [7, 11) is 0. The number of rotatable bonds is 3. The predicted octanol–water partition coefficient (Wildman–Crippen LogP) is 1.16. The fourth-order valence-electron chi connectivity index (χ4n) is 3.61. The summed E-state index contributed by atoms with van der Waals surface area (Å²) in [5.74, 6) is 0. The molecule has 2 fully saturated rings. The molecule has 1 aromatic carbocycles. The Morgan fingerprint density at radius 3 is 3.08 bits per heavy atom. The molecule has 1 aromatic heterocycles. The predicted molar refractivity (Wildman–Crippen MR) is 102 cm³/mol. The Morgan fingerprint density at radius 2 is 2.16 bits per heavy atom. The van der Waals surface area contributed by atoms with Crippen LogP contribution in [0.3, 0.4) is 0 Å². The van der Waals surface area contributed by atoms with Crippen LogP contribution in [0.15, 0.2) is 24.3 Å². The van der Waals surface area contributed by atoms with E-state index in [4.69, 9.17) is 9.72 Å². The van der Waals surface area contributed by atoms with Gasteiger partial charge in [-0.3, -0.25) is 4.90 Å². The number of aliphatic hydroxyl groups is 1. The summed E-state index contributed by atoms with van der Waals surface area (Å²) in [6.45, 7) is 7.08. The van der Waals surface area contributed by atoms with Gasteiger partial charge in [0, 0.05) is 45.8 Å². The van der Waals surface area contributed by atoms with Crippen molar-refractivity contribution in [2.75, 3.05) is 63.9 Å². The van der Waals surface area contributed by atoms with E-state index < -0.39 is 5.60 Å². The zero-order valence-electron chi connectivity index (χ0n) is 14.5. The molecule has 4 rings (SSSR count). The third-order valence-corrected chi connectivity index (χ3v) is 6.00. The number of hydrogen-bond acceptors (Lipinski definition) is 7. The fourth-order valence-corrected chi connectivity index (χ4v) is 4.63. The van der Waals surface area contributed by atoms with Crippen molar-refractivity contribution in [3.63, 3.8) is 0 Å². The molecule has 0 amide bonds. The minimum atomic E-state index is -0.790. The van der Waals surface area contributed by atoms with Gasteiger partial charge < -0.3 is 20.1 Å². The summed E-state index contributed by atoms with van der Waals surface area (Å²) < 4.78 is 6.79. The van der Waals surface area contributed by atoms with Gasteiger partial charge in [-0.1, -0.05) is 23.5 Å². The van der Waals surface area contributed by atoms with Crippen LogP contribution in [0.5, 0.6) is 0 Å². The molecule has 2 aliphatic rings. The highest BCUT2D eigenvalue weighted by molar-refractivity contribution is 7.22. The molecule has 7 heteroatoms. The number of para-hydroxylation sites is 1. The Labute approximate surface area is 152 Å². The van der Waals surface area contributed by atoms with Crippen LogP contribution in [-0.2, 0) is 4.74 Å². The average Bonchev–Trinajstić information content (AvgIpc) is 2.75. The maximum atomic E-state index is 10.8. The second-order valence-electron chi connectivity index (χ2n) is 7.03. The lowest BCUT2D eigenvalue weighted by atomic mass is 10.0. The number of hydrogen-bond donors (Lipinski definition) is 2. The van der Waals surface area contributed by atoms with Crippen molar-refractivity contribution < 1.29 is 9.84 Å². The normalized spacial score (nSPS) is 26.5. The van der Waals surface area contributed by atoms with Gasteiger partial charge in [0.25, 0.3) is 0 Å². The average molecular weight is 362 g/mol. The first kappa shape index (κ1) is 17.2. The molecule has 2 aromatic rings. The summed E-state index contributed by atoms with van der Waals surface area (Å²) in [6.07, 6.45) is 1.08. The van der Waals surface area contributed by atoms with Crippen LogP contribution in [0.4, 0.5) is 5.13 Å². The lowest BCUT2D eigenvalue weighted by Gasteiger charge is -2.32. The minimum absolute atomic E-state index is 0.415. The van der Waals surface area contributed by atoms with E-state index in [2.05, 4.69) is 33.3 Å². The number of nitrogens with one attached hydrogen (secondary N) is 1. The van der Waals surface area contributed by atoms with Gasteiger partial charge in [0.15, 0.2) is 5.13 Å². The summed E-state index contributed by atoms with van der Waals surface area (Å²) in [4.78, 5) is 9.54. The zero-order chi connectivity index (χ0) is 17.1. The molecule has 0 bridgehead atoms. The van der Waals surface area contributed by atoms with E-state index in [0.29, 0.717) is 26.3 Å². The van der Waals surface area contributed by atoms with E-state index in [1.54, 1.807) is 11.3 Å². The van der Waals surface area contributed by atoms with E-state index in [0.717, 1.165) is 49.8 Å². The van der Waals surface area contributed by atoms with Crippen molar-refractivity contribution >= 4 is 26.7 Å². The largest absolute Gasteiger partial charge is 0.385 e. The van der Waals surface area contributed by atoms with Gasteiger partial charge in [0.05, 0.1) is 23.4 Å². The maximum Gasteiger partial charge on any atom is 0.186 e. The summed E-state index contributed by atoms with van der Waals surface area (Å²) in [5.41, 5.74) is 0.293. The molecule has 0 spiro atoms. The lowest BCUT2D eigenvalue weighted by Crippen LogP contribution is -2.52. The zero-order valence-corrected chi connectivity index (χ0v) is 15.3. The molecule has 3 heterocycles. The highest BCUT2D eigenvalue weighted by Gasteiger charge is 2.32. The summed E-state index contributed by atoms with van der Waals surface area (Å²) in [6, 6.07) is 8.32. The quantitative estimate of drug-likeness (QED) is 0.855. The smallest absolute Gasteiger partial charge is 0.186 e. The van der Waals surface area contributed by atoms with Crippen molar-refractivity contribution in [3.8, 4) is 0 Å². The highest BCUT2D eigenvalue weighted by Crippen LogP contribution is 2.29. The molecule has 0 aliphatic carbocycles. The van der Waals surface area contributed by atoms with E-state index in [-0.39, 0.29) is 0 Å². The molecule has 0 unspecified atom stereocenters. The number of fused-ring (bicyclic) bond motifs is 1. The third-order valence-electron chi connectivity index (χ3n) is 4.91. The number of β-amino-alcohol motifs (C(OH)–C–C–N with tert-alkyl or cyclic N) is 1. The van der Waals surface area contributed by atoms with Crippen LogP contribution in [0.1, 0.15) is 6.42 Å². The van der Waals surface area contributed by atoms with E-state index >= 15 is 0 Å². The SMILES string of the molecule is O[C@@]1(CN2CCCN(c3nc4ccccc4s3)CC2)CNCCOC1. The van der Waals surface area contributed by atoms with Crippen molar-refractivity contribution in [1.29, 1.82) is 0 Å². The van der Waals surface area contributed by atoms with Gasteiger partial charge in [-0.15, -0.1) is 0 Å². The second kappa shape index (κ2) is 7.55. The van der Waals surface area contributed by atoms with Crippen LogP contribution in [0.2, 0.25) is 0 Å². The molecule has 1 atom stereocenters. The number of anilines is 1. The van der Waals surface area contributed by atoms with Crippen LogP contribution in [0, 0.1) is 0 Å². The Hall–Kier alpha value is -1.25. The molecule has 136 valence electrons. The topological polar surface area (TPSA) is 60.9 Å². The number of benzene rings is 1. The molecule has 6 nitrogen and oxygen atoms in total. The van der Waals surface area contributed by atoms with Crippen LogP contribution >= 0.6 is 11.3 Å². The van der Waals surface area contributed by atoms with E-state index in [1.807, 2.05) is 6.07 Å². The van der Waals surface area contributed by atoms with Gasteiger partial charge in [-0.2, -0.15) is 0 Å². The number of aromatic nitrogens is 1. The molecule has 25 heavy (non-hydrogen) atoms. The van der Waals surface area contributed by atoms with Gasteiger partial charge >= 0.3 is 0 Å². The summed E-state index contributed by atoms with van der Waals surface area (Å²) >= 11 is 1.77. The molecular weight excluding hydrogens is 336 g/mol.